The number of methoxy groups -OCH3 is 1. The molecular weight excluding hydrogens is 387 g/mol. The van der Waals surface area contributed by atoms with Crippen LogP contribution >= 0.6 is 23.2 Å². The lowest BCUT2D eigenvalue weighted by atomic mass is 10.2. The van der Waals surface area contributed by atoms with Crippen molar-refractivity contribution in [1.29, 1.82) is 0 Å². The molecule has 1 saturated heterocycles. The molecule has 0 saturated carbocycles. The summed E-state index contributed by atoms with van der Waals surface area (Å²) in [5, 5.41) is 0.838. The van der Waals surface area contributed by atoms with Crippen LogP contribution in [0.5, 0.6) is 5.75 Å². The third-order valence-electron chi connectivity index (χ3n) is 4.55. The number of ether oxygens (including phenoxy) is 1. The van der Waals surface area contributed by atoms with Crippen molar-refractivity contribution < 1.29 is 14.3 Å². The number of carbonyl (C=O) groups excluding carboxylic acids is 2. The van der Waals surface area contributed by atoms with E-state index in [-0.39, 0.29) is 11.8 Å². The molecule has 3 rings (SSSR count). The molecule has 1 heterocycles. The number of benzene rings is 2. The number of halogens is 2. The van der Waals surface area contributed by atoms with E-state index in [1.165, 1.54) is 0 Å². The van der Waals surface area contributed by atoms with Crippen LogP contribution in [0.15, 0.2) is 42.5 Å². The molecule has 1 fully saturated rings. The molecule has 27 heavy (non-hydrogen) atoms. The van der Waals surface area contributed by atoms with E-state index in [0.29, 0.717) is 59.5 Å². The third-order valence-corrected chi connectivity index (χ3v) is 5.11. The van der Waals surface area contributed by atoms with Gasteiger partial charge in [-0.2, -0.15) is 0 Å². The minimum atomic E-state index is -0.168. The number of nitrogens with zero attached hydrogens (tertiary/aromatic N) is 2. The second-order valence-electron chi connectivity index (χ2n) is 6.29. The van der Waals surface area contributed by atoms with Gasteiger partial charge in [0.1, 0.15) is 5.75 Å². The van der Waals surface area contributed by atoms with Crippen molar-refractivity contribution in [3.8, 4) is 5.75 Å². The van der Waals surface area contributed by atoms with Gasteiger partial charge in [-0.25, -0.2) is 0 Å². The zero-order valence-electron chi connectivity index (χ0n) is 15.0. The Morgan fingerprint density at radius 2 is 1.63 bits per heavy atom. The molecule has 0 aliphatic carbocycles. The van der Waals surface area contributed by atoms with Crippen LogP contribution in [0, 0.1) is 0 Å². The molecule has 0 atom stereocenters. The highest BCUT2D eigenvalue weighted by molar-refractivity contribution is 6.35. The fourth-order valence-electron chi connectivity index (χ4n) is 3.09. The van der Waals surface area contributed by atoms with E-state index in [0.717, 1.165) is 0 Å². The molecule has 7 heteroatoms. The summed E-state index contributed by atoms with van der Waals surface area (Å²) in [6, 6.07) is 11.9. The molecule has 1 aliphatic rings. The van der Waals surface area contributed by atoms with E-state index in [4.69, 9.17) is 27.9 Å². The van der Waals surface area contributed by atoms with Gasteiger partial charge in [0.2, 0.25) is 0 Å². The predicted octanol–water partition coefficient (Wildman–Crippen LogP) is 3.99. The quantitative estimate of drug-likeness (QED) is 0.773. The first-order valence-electron chi connectivity index (χ1n) is 8.67. The Labute approximate surface area is 168 Å². The monoisotopic (exact) mass is 406 g/mol. The second kappa shape index (κ2) is 8.63. The Bertz CT molecular complexity index is 857. The van der Waals surface area contributed by atoms with Crippen LogP contribution in [-0.2, 0) is 0 Å². The second-order valence-corrected chi connectivity index (χ2v) is 7.14. The van der Waals surface area contributed by atoms with E-state index in [2.05, 4.69) is 0 Å². The summed E-state index contributed by atoms with van der Waals surface area (Å²) in [7, 11) is 1.57. The Morgan fingerprint density at radius 3 is 2.33 bits per heavy atom. The molecule has 142 valence electrons. The number of carbonyl (C=O) groups is 2. The van der Waals surface area contributed by atoms with Gasteiger partial charge in [-0.3, -0.25) is 9.59 Å². The van der Waals surface area contributed by atoms with Crippen molar-refractivity contribution in [3.05, 3.63) is 63.6 Å². The SMILES string of the molecule is COc1cccc(C(=O)N2CCCN(C(=O)c3cc(Cl)ccc3Cl)CC2)c1. The minimum Gasteiger partial charge on any atom is -0.497 e. The molecule has 2 aromatic rings. The Kier molecular flexibility index (Phi) is 6.24. The molecule has 1 aliphatic heterocycles. The summed E-state index contributed by atoms with van der Waals surface area (Å²) in [5.74, 6) is 0.408. The minimum absolute atomic E-state index is 0.0658. The fraction of sp³-hybridized carbons (Fsp3) is 0.300. The van der Waals surface area contributed by atoms with E-state index >= 15 is 0 Å². The summed E-state index contributed by atoms with van der Waals surface area (Å²) in [5.41, 5.74) is 0.962. The van der Waals surface area contributed by atoms with E-state index in [1.54, 1.807) is 59.4 Å². The van der Waals surface area contributed by atoms with E-state index in [9.17, 15) is 9.59 Å². The van der Waals surface area contributed by atoms with Gasteiger partial charge >= 0.3 is 0 Å². The van der Waals surface area contributed by atoms with Crippen molar-refractivity contribution in [2.24, 2.45) is 0 Å². The van der Waals surface area contributed by atoms with E-state index < -0.39 is 0 Å². The first kappa shape index (κ1) is 19.5. The normalized spacial score (nSPS) is 14.6. The van der Waals surface area contributed by atoms with Crippen LogP contribution in [0.2, 0.25) is 10.0 Å². The Hall–Kier alpha value is -2.24. The highest BCUT2D eigenvalue weighted by atomic mass is 35.5. The van der Waals surface area contributed by atoms with Gasteiger partial charge in [0, 0.05) is 36.8 Å². The lowest BCUT2D eigenvalue weighted by molar-refractivity contribution is 0.0718. The van der Waals surface area contributed by atoms with Crippen LogP contribution in [0.3, 0.4) is 0 Å². The number of hydrogen-bond acceptors (Lipinski definition) is 3. The largest absolute Gasteiger partial charge is 0.497 e. The molecule has 0 spiro atoms. The summed E-state index contributed by atoms with van der Waals surface area (Å²) >= 11 is 12.2. The van der Waals surface area contributed by atoms with Crippen LogP contribution in [0.4, 0.5) is 0 Å². The topological polar surface area (TPSA) is 49.9 Å². The number of hydrogen-bond donors (Lipinski definition) is 0. The summed E-state index contributed by atoms with van der Waals surface area (Å²) in [6.07, 6.45) is 0.694. The zero-order valence-corrected chi connectivity index (χ0v) is 16.5. The molecule has 0 N–H and O–H groups in total. The molecule has 0 aromatic heterocycles. The van der Waals surface area contributed by atoms with Crippen LogP contribution in [0.25, 0.3) is 0 Å². The van der Waals surface area contributed by atoms with E-state index in [1.807, 2.05) is 0 Å². The third kappa shape index (κ3) is 4.54. The summed E-state index contributed by atoms with van der Waals surface area (Å²) in [6.45, 7) is 2.05. The lowest BCUT2D eigenvalue weighted by Gasteiger charge is -2.23. The fourth-order valence-corrected chi connectivity index (χ4v) is 3.46. The summed E-state index contributed by atoms with van der Waals surface area (Å²) in [4.78, 5) is 29.1. The van der Waals surface area contributed by atoms with Crippen molar-refractivity contribution >= 4 is 35.0 Å². The Morgan fingerprint density at radius 1 is 0.926 bits per heavy atom. The molecule has 0 unspecified atom stereocenters. The maximum Gasteiger partial charge on any atom is 0.255 e. The van der Waals surface area contributed by atoms with Gasteiger partial charge in [0.25, 0.3) is 11.8 Å². The molecular formula is C20H20Cl2N2O3. The summed E-state index contributed by atoms with van der Waals surface area (Å²) < 4.78 is 5.19. The first-order chi connectivity index (χ1) is 13.0. The van der Waals surface area contributed by atoms with Crippen LogP contribution in [-0.4, -0.2) is 54.9 Å². The maximum atomic E-state index is 12.8. The van der Waals surface area contributed by atoms with Crippen molar-refractivity contribution in [2.75, 3.05) is 33.3 Å². The van der Waals surface area contributed by atoms with Gasteiger partial charge in [-0.05, 0) is 42.8 Å². The molecule has 2 aromatic carbocycles. The number of amides is 2. The van der Waals surface area contributed by atoms with Gasteiger partial charge < -0.3 is 14.5 Å². The standard InChI is InChI=1S/C20H20Cl2N2O3/c1-27-16-5-2-4-14(12-16)19(25)23-8-3-9-24(11-10-23)20(26)17-13-15(21)6-7-18(17)22/h2,4-7,12-13H,3,8-11H2,1H3. The molecule has 0 bridgehead atoms. The zero-order chi connectivity index (χ0) is 19.4. The van der Waals surface area contributed by atoms with Crippen molar-refractivity contribution in [1.82, 2.24) is 9.80 Å². The molecule has 0 radical (unpaired) electrons. The average Bonchev–Trinajstić information content (AvgIpc) is 2.95. The first-order valence-corrected chi connectivity index (χ1v) is 9.43. The average molecular weight is 407 g/mol. The number of rotatable bonds is 3. The maximum absolute atomic E-state index is 12.8. The van der Waals surface area contributed by atoms with Gasteiger partial charge in [-0.15, -0.1) is 0 Å². The lowest BCUT2D eigenvalue weighted by Crippen LogP contribution is -2.37. The Balaban J connectivity index is 1.70. The van der Waals surface area contributed by atoms with Crippen LogP contribution < -0.4 is 4.74 Å². The predicted molar refractivity (Wildman–Crippen MR) is 106 cm³/mol. The highest BCUT2D eigenvalue weighted by Crippen LogP contribution is 2.23. The smallest absolute Gasteiger partial charge is 0.255 e. The van der Waals surface area contributed by atoms with Crippen LogP contribution in [0.1, 0.15) is 27.1 Å². The molecule has 2 amide bonds. The van der Waals surface area contributed by atoms with Crippen molar-refractivity contribution in [3.63, 3.8) is 0 Å². The van der Waals surface area contributed by atoms with Gasteiger partial charge in [0.05, 0.1) is 17.7 Å². The van der Waals surface area contributed by atoms with Gasteiger partial charge in [0.15, 0.2) is 0 Å². The highest BCUT2D eigenvalue weighted by Gasteiger charge is 2.25. The molecule has 5 nitrogen and oxygen atoms in total. The van der Waals surface area contributed by atoms with Gasteiger partial charge in [-0.1, -0.05) is 29.3 Å². The van der Waals surface area contributed by atoms with Crippen molar-refractivity contribution in [2.45, 2.75) is 6.42 Å².